The van der Waals surface area contributed by atoms with Gasteiger partial charge in [-0.1, -0.05) is 6.07 Å². The summed E-state index contributed by atoms with van der Waals surface area (Å²) in [5.74, 6) is 2.03. The van der Waals surface area contributed by atoms with Gasteiger partial charge >= 0.3 is 0 Å². The fraction of sp³-hybridized carbons (Fsp3) is 0.429. The molecule has 8 heteroatoms. The molecule has 0 fully saturated rings. The van der Waals surface area contributed by atoms with Gasteiger partial charge < -0.3 is 25.0 Å². The second-order valence-corrected chi connectivity index (χ2v) is 7.72. The van der Waals surface area contributed by atoms with Crippen molar-refractivity contribution in [2.45, 2.75) is 19.4 Å². The number of ether oxygens (including phenoxy) is 2. The van der Waals surface area contributed by atoms with Crippen LogP contribution < -0.4 is 20.1 Å². The third-order valence-electron chi connectivity index (χ3n) is 4.37. The van der Waals surface area contributed by atoms with Crippen molar-refractivity contribution in [1.82, 2.24) is 15.5 Å². The maximum atomic E-state index is 12.0. The Kier molecular flexibility index (Phi) is 8.79. The van der Waals surface area contributed by atoms with Gasteiger partial charge in [0.2, 0.25) is 5.91 Å². The summed E-state index contributed by atoms with van der Waals surface area (Å²) in [7, 11) is 6.72. The van der Waals surface area contributed by atoms with Crippen LogP contribution in [0.4, 0.5) is 0 Å². The smallest absolute Gasteiger partial charge is 0.243 e. The number of carbonyl (C=O) groups excluding carboxylic acids is 1. The van der Waals surface area contributed by atoms with Crippen LogP contribution in [0.5, 0.6) is 11.5 Å². The van der Waals surface area contributed by atoms with E-state index in [9.17, 15) is 4.79 Å². The Morgan fingerprint density at radius 1 is 1.24 bits per heavy atom. The molecule has 0 radical (unpaired) electrons. The monoisotopic (exact) mass is 418 g/mol. The number of methoxy groups -OCH3 is 2. The zero-order chi connectivity index (χ0) is 21.2. The lowest BCUT2D eigenvalue weighted by molar-refractivity contribution is -0.127. The van der Waals surface area contributed by atoms with E-state index in [-0.39, 0.29) is 18.5 Å². The molecule has 7 nitrogen and oxygen atoms in total. The zero-order valence-corrected chi connectivity index (χ0v) is 18.5. The van der Waals surface area contributed by atoms with Gasteiger partial charge in [0.15, 0.2) is 5.96 Å². The Labute approximate surface area is 176 Å². The van der Waals surface area contributed by atoms with Crippen molar-refractivity contribution in [3.63, 3.8) is 0 Å². The van der Waals surface area contributed by atoms with Crippen LogP contribution in [-0.2, 0) is 11.2 Å². The molecule has 1 heterocycles. The first-order valence-electron chi connectivity index (χ1n) is 9.44. The molecule has 0 bridgehead atoms. The maximum absolute atomic E-state index is 12.0. The summed E-state index contributed by atoms with van der Waals surface area (Å²) < 4.78 is 10.8. The summed E-state index contributed by atoms with van der Waals surface area (Å²) in [4.78, 5) is 19.3. The number of aliphatic imine (C=N–C) groups is 1. The number of hydrogen-bond acceptors (Lipinski definition) is 5. The van der Waals surface area contributed by atoms with Gasteiger partial charge in [0.25, 0.3) is 0 Å². The Balaban J connectivity index is 2.12. The highest BCUT2D eigenvalue weighted by atomic mass is 32.1. The molecule has 1 aromatic heterocycles. The van der Waals surface area contributed by atoms with E-state index in [0.717, 1.165) is 23.5 Å². The quantitative estimate of drug-likeness (QED) is 0.484. The number of thiophene rings is 1. The highest BCUT2D eigenvalue weighted by molar-refractivity contribution is 7.09. The SMILES string of the molecule is COc1ccc(OC)c(C(C)NC(=NCC(=O)N(C)C)NCCc2cccs2)c1. The van der Waals surface area contributed by atoms with Crippen molar-refractivity contribution in [2.24, 2.45) is 4.99 Å². The van der Waals surface area contributed by atoms with E-state index in [1.165, 1.54) is 9.78 Å². The molecule has 1 aromatic carbocycles. The molecule has 0 aliphatic rings. The highest BCUT2D eigenvalue weighted by Gasteiger charge is 2.15. The predicted octanol–water partition coefficient (Wildman–Crippen LogP) is 2.69. The number of nitrogens with zero attached hydrogens (tertiary/aromatic N) is 2. The van der Waals surface area contributed by atoms with Crippen molar-refractivity contribution in [3.05, 3.63) is 46.2 Å². The van der Waals surface area contributed by atoms with Crippen LogP contribution in [0.25, 0.3) is 0 Å². The average Bonchev–Trinajstić information content (AvgIpc) is 3.24. The van der Waals surface area contributed by atoms with Crippen LogP contribution in [0, 0.1) is 0 Å². The van der Waals surface area contributed by atoms with Crippen LogP contribution in [0.2, 0.25) is 0 Å². The van der Waals surface area contributed by atoms with Crippen molar-refractivity contribution in [1.29, 1.82) is 0 Å². The first-order chi connectivity index (χ1) is 13.9. The molecule has 2 rings (SSSR count). The number of carbonyl (C=O) groups is 1. The van der Waals surface area contributed by atoms with Gasteiger partial charge in [-0.15, -0.1) is 11.3 Å². The number of guanidine groups is 1. The van der Waals surface area contributed by atoms with E-state index in [0.29, 0.717) is 12.5 Å². The van der Waals surface area contributed by atoms with Gasteiger partial charge in [0, 0.05) is 31.1 Å². The van der Waals surface area contributed by atoms with Crippen molar-refractivity contribution in [3.8, 4) is 11.5 Å². The van der Waals surface area contributed by atoms with Gasteiger partial charge in [-0.05, 0) is 43.0 Å². The lowest BCUT2D eigenvalue weighted by Crippen LogP contribution is -2.40. The predicted molar refractivity (Wildman–Crippen MR) is 118 cm³/mol. The molecular weight excluding hydrogens is 388 g/mol. The van der Waals surface area contributed by atoms with Crippen LogP contribution in [0.1, 0.15) is 23.4 Å². The van der Waals surface area contributed by atoms with Gasteiger partial charge in [-0.3, -0.25) is 4.79 Å². The topological polar surface area (TPSA) is 75.2 Å². The highest BCUT2D eigenvalue weighted by Crippen LogP contribution is 2.29. The average molecular weight is 419 g/mol. The molecule has 1 unspecified atom stereocenters. The van der Waals surface area contributed by atoms with Crippen molar-refractivity contribution in [2.75, 3.05) is 41.4 Å². The van der Waals surface area contributed by atoms with Crippen LogP contribution in [0.15, 0.2) is 40.7 Å². The normalized spacial score (nSPS) is 12.2. The number of hydrogen-bond donors (Lipinski definition) is 2. The summed E-state index contributed by atoms with van der Waals surface area (Å²) in [5, 5.41) is 8.76. The maximum Gasteiger partial charge on any atom is 0.243 e. The van der Waals surface area contributed by atoms with E-state index in [1.54, 1.807) is 39.7 Å². The number of amides is 1. The fourth-order valence-electron chi connectivity index (χ4n) is 2.66. The summed E-state index contributed by atoms with van der Waals surface area (Å²) in [6.45, 7) is 2.80. The van der Waals surface area contributed by atoms with Gasteiger partial charge in [0.05, 0.1) is 20.3 Å². The molecular formula is C21H30N4O3S. The second-order valence-electron chi connectivity index (χ2n) is 6.68. The largest absolute Gasteiger partial charge is 0.497 e. The van der Waals surface area contributed by atoms with Gasteiger partial charge in [-0.2, -0.15) is 0 Å². The fourth-order valence-corrected chi connectivity index (χ4v) is 3.37. The second kappa shape index (κ2) is 11.3. The van der Waals surface area contributed by atoms with E-state index in [2.05, 4.69) is 27.1 Å². The van der Waals surface area contributed by atoms with E-state index >= 15 is 0 Å². The van der Waals surface area contributed by atoms with E-state index in [1.807, 2.05) is 31.2 Å². The van der Waals surface area contributed by atoms with Gasteiger partial charge in [0.1, 0.15) is 18.0 Å². The first kappa shape index (κ1) is 22.5. The van der Waals surface area contributed by atoms with E-state index < -0.39 is 0 Å². The number of likely N-dealkylation sites (N-methyl/N-ethyl adjacent to an activating group) is 1. The Hall–Kier alpha value is -2.74. The molecule has 0 saturated carbocycles. The van der Waals surface area contributed by atoms with Gasteiger partial charge in [-0.25, -0.2) is 4.99 Å². The third-order valence-corrected chi connectivity index (χ3v) is 5.31. The lowest BCUT2D eigenvalue weighted by atomic mass is 10.1. The Morgan fingerprint density at radius 2 is 2.03 bits per heavy atom. The standard InChI is InChI=1S/C21H30N4O3S/c1-15(18-13-16(27-4)8-9-19(18)28-5)24-21(23-14-20(26)25(2)3)22-11-10-17-7-6-12-29-17/h6-9,12-13,15H,10-11,14H2,1-5H3,(H2,22,23,24). The van der Waals surface area contributed by atoms with Crippen molar-refractivity contribution >= 4 is 23.2 Å². The molecule has 0 aliphatic heterocycles. The molecule has 0 aliphatic carbocycles. The van der Waals surface area contributed by atoms with Crippen LogP contribution in [0.3, 0.4) is 0 Å². The minimum Gasteiger partial charge on any atom is -0.497 e. The summed E-state index contributed by atoms with van der Waals surface area (Å²) >= 11 is 1.73. The molecule has 158 valence electrons. The van der Waals surface area contributed by atoms with E-state index in [4.69, 9.17) is 9.47 Å². The Bertz CT molecular complexity index is 806. The molecule has 2 N–H and O–H groups in total. The first-order valence-corrected chi connectivity index (χ1v) is 10.3. The lowest BCUT2D eigenvalue weighted by Gasteiger charge is -2.21. The number of rotatable bonds is 9. The molecule has 29 heavy (non-hydrogen) atoms. The summed E-state index contributed by atoms with van der Waals surface area (Å²) in [6.07, 6.45) is 0.886. The molecule has 2 aromatic rings. The minimum atomic E-state index is -0.109. The van der Waals surface area contributed by atoms with Crippen molar-refractivity contribution < 1.29 is 14.3 Å². The van der Waals surface area contributed by atoms with Crippen LogP contribution >= 0.6 is 11.3 Å². The Morgan fingerprint density at radius 3 is 2.66 bits per heavy atom. The third kappa shape index (κ3) is 6.98. The molecule has 0 spiro atoms. The molecule has 1 amide bonds. The number of benzene rings is 1. The number of nitrogens with one attached hydrogen (secondary N) is 2. The van der Waals surface area contributed by atoms with Crippen LogP contribution in [-0.4, -0.2) is 58.2 Å². The summed E-state index contributed by atoms with van der Waals surface area (Å²) in [6, 6.07) is 9.71. The molecule has 1 atom stereocenters. The zero-order valence-electron chi connectivity index (χ0n) is 17.7. The molecule has 0 saturated heterocycles. The summed E-state index contributed by atoms with van der Waals surface area (Å²) in [5.41, 5.74) is 0.943. The minimum absolute atomic E-state index is 0.0593.